The molecular weight excluding hydrogens is 479 g/mol. The second-order valence-corrected chi connectivity index (χ2v) is 9.79. The zero-order valence-corrected chi connectivity index (χ0v) is 20.8. The number of hydrogen-bond acceptors (Lipinski definition) is 6. The van der Waals surface area contributed by atoms with E-state index < -0.39 is 0 Å². The van der Waals surface area contributed by atoms with E-state index in [-0.39, 0.29) is 36.5 Å². The molecule has 1 aromatic carbocycles. The lowest BCUT2D eigenvalue weighted by Crippen LogP contribution is -2.45. The Labute approximate surface area is 206 Å². The van der Waals surface area contributed by atoms with Crippen molar-refractivity contribution in [3.8, 4) is 0 Å². The van der Waals surface area contributed by atoms with E-state index in [1.54, 1.807) is 39.6 Å². The second kappa shape index (κ2) is 8.39. The SMILES string of the molecule is Cc1nnc(C(C)N2C[C@@H](C)n3nc4c(c3C2=O)CN(C(=O)c2ccc(Cl)c(Cl)c2)[C@H](C)C4)o1. The number of benzene rings is 1. The van der Waals surface area contributed by atoms with E-state index in [1.807, 2.05) is 20.8 Å². The van der Waals surface area contributed by atoms with Gasteiger partial charge in [0.05, 0.1) is 28.3 Å². The molecule has 2 aromatic heterocycles. The van der Waals surface area contributed by atoms with Crippen LogP contribution in [0.25, 0.3) is 0 Å². The quantitative estimate of drug-likeness (QED) is 0.530. The van der Waals surface area contributed by atoms with Gasteiger partial charge in [0.25, 0.3) is 11.8 Å². The Morgan fingerprint density at radius 1 is 1.18 bits per heavy atom. The lowest BCUT2D eigenvalue weighted by molar-refractivity contribution is 0.0546. The molecule has 178 valence electrons. The average molecular weight is 503 g/mol. The summed E-state index contributed by atoms with van der Waals surface area (Å²) < 4.78 is 7.38. The standard InChI is InChI=1S/C23H24Cl2N6O3/c1-11-7-19-16(10-29(11)22(32)15-5-6-17(24)18(25)8-15)20-23(33)30(9-12(2)31(20)28-19)13(3)21-27-26-14(4)34-21/h5-6,8,11-13H,7,9-10H2,1-4H3/t11-,12-,13?/m1/s1. The van der Waals surface area contributed by atoms with Crippen molar-refractivity contribution in [3.05, 3.63) is 62.5 Å². The molecule has 0 fully saturated rings. The third-order valence-corrected chi connectivity index (χ3v) is 7.32. The third kappa shape index (κ3) is 3.67. The van der Waals surface area contributed by atoms with Gasteiger partial charge in [-0.15, -0.1) is 10.2 Å². The molecule has 0 bridgehead atoms. The van der Waals surface area contributed by atoms with E-state index in [2.05, 4.69) is 10.2 Å². The minimum Gasteiger partial charge on any atom is -0.423 e. The van der Waals surface area contributed by atoms with E-state index in [0.29, 0.717) is 46.0 Å². The zero-order chi connectivity index (χ0) is 24.3. The van der Waals surface area contributed by atoms with Gasteiger partial charge < -0.3 is 14.2 Å². The van der Waals surface area contributed by atoms with Crippen molar-refractivity contribution >= 4 is 35.0 Å². The Hall–Kier alpha value is -2.91. The number of rotatable bonds is 3. The lowest BCUT2D eigenvalue weighted by atomic mass is 9.97. The summed E-state index contributed by atoms with van der Waals surface area (Å²) in [6.45, 7) is 8.35. The van der Waals surface area contributed by atoms with Gasteiger partial charge in [-0.05, 0) is 39.0 Å². The fraction of sp³-hybridized carbons (Fsp3) is 0.435. The molecule has 0 spiro atoms. The van der Waals surface area contributed by atoms with Crippen LogP contribution in [0.15, 0.2) is 22.6 Å². The smallest absolute Gasteiger partial charge is 0.273 e. The minimum atomic E-state index is -0.382. The van der Waals surface area contributed by atoms with Crippen molar-refractivity contribution in [3.63, 3.8) is 0 Å². The average Bonchev–Trinajstić information content (AvgIpc) is 3.40. The molecule has 4 heterocycles. The maximum Gasteiger partial charge on any atom is 0.273 e. The van der Waals surface area contributed by atoms with Gasteiger partial charge >= 0.3 is 0 Å². The Morgan fingerprint density at radius 3 is 2.62 bits per heavy atom. The number of hydrogen-bond donors (Lipinski definition) is 0. The first kappa shape index (κ1) is 22.9. The van der Waals surface area contributed by atoms with Crippen LogP contribution in [0.1, 0.15) is 76.7 Å². The summed E-state index contributed by atoms with van der Waals surface area (Å²) in [5.74, 6) is 0.517. The largest absolute Gasteiger partial charge is 0.423 e. The molecule has 0 saturated carbocycles. The van der Waals surface area contributed by atoms with Crippen LogP contribution in [0.2, 0.25) is 10.0 Å². The predicted octanol–water partition coefficient (Wildman–Crippen LogP) is 4.25. The Balaban J connectivity index is 1.48. The Morgan fingerprint density at radius 2 is 1.94 bits per heavy atom. The second-order valence-electron chi connectivity index (χ2n) is 8.98. The summed E-state index contributed by atoms with van der Waals surface area (Å²) in [5, 5.41) is 13.5. The number of halogens is 2. The van der Waals surface area contributed by atoms with Gasteiger partial charge in [0.2, 0.25) is 11.8 Å². The maximum absolute atomic E-state index is 13.7. The first-order valence-electron chi connectivity index (χ1n) is 11.1. The molecular formula is C23H24Cl2N6O3. The van der Waals surface area contributed by atoms with Crippen LogP contribution in [0, 0.1) is 6.92 Å². The normalized spacial score (nSPS) is 20.8. The molecule has 2 amide bonds. The number of aromatic nitrogens is 4. The first-order valence-corrected chi connectivity index (χ1v) is 11.9. The first-order chi connectivity index (χ1) is 16.2. The van der Waals surface area contributed by atoms with Crippen molar-refractivity contribution in [2.45, 2.75) is 58.8 Å². The molecule has 0 aliphatic carbocycles. The topological polar surface area (TPSA) is 97.4 Å². The molecule has 0 radical (unpaired) electrons. The van der Waals surface area contributed by atoms with Crippen molar-refractivity contribution in [1.29, 1.82) is 0 Å². The monoisotopic (exact) mass is 502 g/mol. The van der Waals surface area contributed by atoms with Crippen LogP contribution in [-0.2, 0) is 13.0 Å². The van der Waals surface area contributed by atoms with Gasteiger partial charge in [0.1, 0.15) is 11.7 Å². The highest BCUT2D eigenvalue weighted by Gasteiger charge is 2.41. The van der Waals surface area contributed by atoms with E-state index in [1.165, 1.54) is 0 Å². The Kier molecular flexibility index (Phi) is 5.64. The van der Waals surface area contributed by atoms with E-state index in [9.17, 15) is 9.59 Å². The van der Waals surface area contributed by atoms with Gasteiger partial charge in [0.15, 0.2) is 0 Å². The molecule has 5 rings (SSSR count). The van der Waals surface area contributed by atoms with Gasteiger partial charge in [0, 0.05) is 37.1 Å². The highest BCUT2D eigenvalue weighted by molar-refractivity contribution is 6.42. The molecule has 1 unspecified atom stereocenters. The van der Waals surface area contributed by atoms with Crippen LogP contribution < -0.4 is 0 Å². The van der Waals surface area contributed by atoms with Crippen LogP contribution in [0.5, 0.6) is 0 Å². The van der Waals surface area contributed by atoms with Gasteiger partial charge in [-0.2, -0.15) is 5.10 Å². The maximum atomic E-state index is 13.7. The molecule has 0 saturated heterocycles. The zero-order valence-electron chi connectivity index (χ0n) is 19.2. The van der Waals surface area contributed by atoms with E-state index in [0.717, 1.165) is 11.3 Å². The van der Waals surface area contributed by atoms with Gasteiger partial charge in [-0.3, -0.25) is 14.3 Å². The summed E-state index contributed by atoms with van der Waals surface area (Å²) in [6.07, 6.45) is 0.556. The summed E-state index contributed by atoms with van der Waals surface area (Å²) in [7, 11) is 0. The highest BCUT2D eigenvalue weighted by Crippen LogP contribution is 2.35. The Bertz CT molecular complexity index is 1300. The molecule has 34 heavy (non-hydrogen) atoms. The van der Waals surface area contributed by atoms with E-state index in [4.69, 9.17) is 32.7 Å². The van der Waals surface area contributed by atoms with Crippen LogP contribution in [0.4, 0.5) is 0 Å². The number of amides is 2. The number of fused-ring (bicyclic) bond motifs is 3. The number of carbonyl (C=O) groups is 2. The third-order valence-electron chi connectivity index (χ3n) is 6.58. The van der Waals surface area contributed by atoms with Gasteiger partial charge in [-0.1, -0.05) is 23.2 Å². The van der Waals surface area contributed by atoms with Crippen molar-refractivity contribution in [2.24, 2.45) is 0 Å². The predicted molar refractivity (Wildman–Crippen MR) is 125 cm³/mol. The summed E-state index contributed by atoms with van der Waals surface area (Å²) in [4.78, 5) is 30.5. The van der Waals surface area contributed by atoms with E-state index >= 15 is 0 Å². The lowest BCUT2D eigenvalue weighted by Gasteiger charge is -2.36. The molecule has 2 aliphatic heterocycles. The van der Waals surface area contributed by atoms with Crippen molar-refractivity contribution in [2.75, 3.05) is 6.54 Å². The molecule has 3 atom stereocenters. The molecule has 9 nitrogen and oxygen atoms in total. The van der Waals surface area contributed by atoms with Crippen LogP contribution >= 0.6 is 23.2 Å². The molecule has 2 aliphatic rings. The van der Waals surface area contributed by atoms with Crippen LogP contribution in [0.3, 0.4) is 0 Å². The fourth-order valence-electron chi connectivity index (χ4n) is 4.70. The van der Waals surface area contributed by atoms with Crippen molar-refractivity contribution < 1.29 is 14.0 Å². The highest BCUT2D eigenvalue weighted by atomic mass is 35.5. The van der Waals surface area contributed by atoms with Gasteiger partial charge in [-0.25, -0.2) is 0 Å². The van der Waals surface area contributed by atoms with Crippen molar-refractivity contribution in [1.82, 2.24) is 29.8 Å². The fourth-order valence-corrected chi connectivity index (χ4v) is 5.00. The summed E-state index contributed by atoms with van der Waals surface area (Å²) >= 11 is 12.2. The summed E-state index contributed by atoms with van der Waals surface area (Å²) in [5.41, 5.74) is 2.59. The van der Waals surface area contributed by atoms with Crippen LogP contribution in [-0.4, -0.2) is 54.2 Å². The molecule has 0 N–H and O–H groups in total. The number of carbonyl (C=O) groups excluding carboxylic acids is 2. The molecule has 11 heteroatoms. The number of nitrogens with zero attached hydrogens (tertiary/aromatic N) is 6. The summed E-state index contributed by atoms with van der Waals surface area (Å²) in [6, 6.07) is 4.34. The minimum absolute atomic E-state index is 0.0423. The number of aryl methyl sites for hydroxylation is 1. The molecule has 3 aromatic rings.